The van der Waals surface area contributed by atoms with Gasteiger partial charge < -0.3 is 5.73 Å². The summed E-state index contributed by atoms with van der Waals surface area (Å²) in [6.07, 6.45) is 4.92. The van der Waals surface area contributed by atoms with Crippen molar-refractivity contribution in [2.75, 3.05) is 0 Å². The molecule has 0 aliphatic heterocycles. The standard InChI is InChI=1S/C14H20ClN/c1-2-12(13-4-3-5-14(13)16)10-6-8-11(15)9-7-10/h6-9,12-14H,2-5,16H2,1H3. The Hall–Kier alpha value is -0.530. The van der Waals surface area contributed by atoms with Crippen LogP contribution in [0.4, 0.5) is 0 Å². The molecule has 0 saturated heterocycles. The molecule has 1 nitrogen and oxygen atoms in total. The Morgan fingerprint density at radius 1 is 1.31 bits per heavy atom. The van der Waals surface area contributed by atoms with Gasteiger partial charge >= 0.3 is 0 Å². The molecule has 1 fully saturated rings. The molecule has 0 aromatic heterocycles. The van der Waals surface area contributed by atoms with Crippen molar-refractivity contribution in [3.8, 4) is 0 Å². The lowest BCUT2D eigenvalue weighted by molar-refractivity contribution is 0.383. The van der Waals surface area contributed by atoms with E-state index in [-0.39, 0.29) is 0 Å². The third-order valence-corrected chi connectivity index (χ3v) is 4.13. The zero-order valence-corrected chi connectivity index (χ0v) is 10.6. The van der Waals surface area contributed by atoms with E-state index in [2.05, 4.69) is 19.1 Å². The summed E-state index contributed by atoms with van der Waals surface area (Å²) in [4.78, 5) is 0. The van der Waals surface area contributed by atoms with Gasteiger partial charge in [-0.3, -0.25) is 0 Å². The van der Waals surface area contributed by atoms with E-state index in [1.807, 2.05) is 12.1 Å². The molecule has 0 bridgehead atoms. The second kappa shape index (κ2) is 5.20. The largest absolute Gasteiger partial charge is 0.327 e. The van der Waals surface area contributed by atoms with Crippen LogP contribution in [0.15, 0.2) is 24.3 Å². The van der Waals surface area contributed by atoms with Gasteiger partial charge in [-0.15, -0.1) is 0 Å². The number of halogens is 1. The van der Waals surface area contributed by atoms with Crippen molar-refractivity contribution in [3.05, 3.63) is 34.9 Å². The van der Waals surface area contributed by atoms with Crippen LogP contribution >= 0.6 is 11.6 Å². The van der Waals surface area contributed by atoms with Crippen molar-refractivity contribution in [3.63, 3.8) is 0 Å². The Balaban J connectivity index is 2.18. The average Bonchev–Trinajstić information content (AvgIpc) is 2.69. The molecule has 0 amide bonds. The van der Waals surface area contributed by atoms with Gasteiger partial charge in [-0.25, -0.2) is 0 Å². The minimum absolute atomic E-state index is 0.389. The first-order valence-corrected chi connectivity index (χ1v) is 6.61. The molecule has 2 heteroatoms. The van der Waals surface area contributed by atoms with Gasteiger partial charge in [0.25, 0.3) is 0 Å². The normalized spacial score (nSPS) is 26.9. The Labute approximate surface area is 103 Å². The first-order valence-electron chi connectivity index (χ1n) is 6.23. The number of hydrogen-bond donors (Lipinski definition) is 1. The zero-order valence-electron chi connectivity index (χ0n) is 9.83. The van der Waals surface area contributed by atoms with Gasteiger partial charge in [-0.1, -0.05) is 37.1 Å². The second-order valence-corrected chi connectivity index (χ2v) is 5.26. The third kappa shape index (κ3) is 2.41. The van der Waals surface area contributed by atoms with Crippen LogP contribution in [0.1, 0.15) is 44.1 Å². The van der Waals surface area contributed by atoms with Gasteiger partial charge in [0.05, 0.1) is 0 Å². The predicted molar refractivity (Wildman–Crippen MR) is 69.8 cm³/mol. The summed E-state index contributed by atoms with van der Waals surface area (Å²) in [6, 6.07) is 8.67. The van der Waals surface area contributed by atoms with Crippen LogP contribution in [0, 0.1) is 5.92 Å². The maximum atomic E-state index is 6.20. The lowest BCUT2D eigenvalue weighted by atomic mass is 9.81. The van der Waals surface area contributed by atoms with E-state index >= 15 is 0 Å². The van der Waals surface area contributed by atoms with Crippen LogP contribution in [0.25, 0.3) is 0 Å². The molecule has 1 aliphatic carbocycles. The highest BCUT2D eigenvalue weighted by Crippen LogP contribution is 2.38. The zero-order chi connectivity index (χ0) is 11.5. The lowest BCUT2D eigenvalue weighted by Gasteiger charge is -2.26. The first kappa shape index (κ1) is 11.9. The SMILES string of the molecule is CCC(c1ccc(Cl)cc1)C1CCCC1N. The van der Waals surface area contributed by atoms with Gasteiger partial charge in [-0.05, 0) is 48.8 Å². The molecule has 0 spiro atoms. The molecule has 88 valence electrons. The fourth-order valence-corrected chi connectivity index (χ4v) is 3.14. The topological polar surface area (TPSA) is 26.0 Å². The number of rotatable bonds is 3. The fourth-order valence-electron chi connectivity index (χ4n) is 3.01. The third-order valence-electron chi connectivity index (χ3n) is 3.88. The van der Waals surface area contributed by atoms with Crippen LogP contribution in [-0.4, -0.2) is 6.04 Å². The van der Waals surface area contributed by atoms with Crippen molar-refractivity contribution < 1.29 is 0 Å². The van der Waals surface area contributed by atoms with Crippen LogP contribution < -0.4 is 5.73 Å². The van der Waals surface area contributed by atoms with Gasteiger partial charge in [0.2, 0.25) is 0 Å². The smallest absolute Gasteiger partial charge is 0.0406 e. The molecule has 16 heavy (non-hydrogen) atoms. The van der Waals surface area contributed by atoms with E-state index in [1.54, 1.807) is 0 Å². The minimum atomic E-state index is 0.389. The van der Waals surface area contributed by atoms with E-state index < -0.39 is 0 Å². The lowest BCUT2D eigenvalue weighted by Crippen LogP contribution is -2.29. The summed E-state index contributed by atoms with van der Waals surface area (Å²) in [7, 11) is 0. The van der Waals surface area contributed by atoms with E-state index in [1.165, 1.54) is 31.2 Å². The Kier molecular flexibility index (Phi) is 3.88. The summed E-state index contributed by atoms with van der Waals surface area (Å²) in [5, 5.41) is 0.814. The summed E-state index contributed by atoms with van der Waals surface area (Å²) >= 11 is 5.92. The van der Waals surface area contributed by atoms with E-state index in [9.17, 15) is 0 Å². The Morgan fingerprint density at radius 2 is 2.00 bits per heavy atom. The van der Waals surface area contributed by atoms with E-state index in [0.717, 1.165) is 5.02 Å². The van der Waals surface area contributed by atoms with Crippen molar-refractivity contribution in [1.82, 2.24) is 0 Å². The molecule has 1 aromatic rings. The fraction of sp³-hybridized carbons (Fsp3) is 0.571. The molecule has 0 heterocycles. The van der Waals surface area contributed by atoms with Crippen LogP contribution in [0.3, 0.4) is 0 Å². The molecule has 0 radical (unpaired) electrons. The van der Waals surface area contributed by atoms with Crippen molar-refractivity contribution in [2.24, 2.45) is 11.7 Å². The maximum absolute atomic E-state index is 6.20. The molecular formula is C14H20ClN. The molecular weight excluding hydrogens is 218 g/mol. The van der Waals surface area contributed by atoms with Gasteiger partial charge in [0.15, 0.2) is 0 Å². The molecule has 2 N–H and O–H groups in total. The Bertz CT molecular complexity index is 333. The molecule has 1 aromatic carbocycles. The maximum Gasteiger partial charge on any atom is 0.0406 e. The van der Waals surface area contributed by atoms with Crippen molar-refractivity contribution in [1.29, 1.82) is 0 Å². The highest BCUT2D eigenvalue weighted by atomic mass is 35.5. The van der Waals surface area contributed by atoms with Crippen LogP contribution in [0.2, 0.25) is 5.02 Å². The monoisotopic (exact) mass is 237 g/mol. The molecule has 3 unspecified atom stereocenters. The highest BCUT2D eigenvalue weighted by molar-refractivity contribution is 6.30. The van der Waals surface area contributed by atoms with Gasteiger partial charge in [0, 0.05) is 11.1 Å². The van der Waals surface area contributed by atoms with Crippen molar-refractivity contribution >= 4 is 11.6 Å². The van der Waals surface area contributed by atoms with Gasteiger partial charge in [0.1, 0.15) is 0 Å². The van der Waals surface area contributed by atoms with Gasteiger partial charge in [-0.2, -0.15) is 0 Å². The molecule has 3 atom stereocenters. The average molecular weight is 238 g/mol. The summed E-state index contributed by atoms with van der Waals surface area (Å²) in [5.41, 5.74) is 7.59. The summed E-state index contributed by atoms with van der Waals surface area (Å²) in [6.45, 7) is 2.25. The first-order chi connectivity index (χ1) is 7.72. The van der Waals surface area contributed by atoms with E-state index in [4.69, 9.17) is 17.3 Å². The molecule has 1 saturated carbocycles. The number of hydrogen-bond acceptors (Lipinski definition) is 1. The summed E-state index contributed by atoms with van der Waals surface area (Å²) in [5.74, 6) is 1.26. The second-order valence-electron chi connectivity index (χ2n) is 4.82. The van der Waals surface area contributed by atoms with Crippen LogP contribution in [-0.2, 0) is 0 Å². The summed E-state index contributed by atoms with van der Waals surface area (Å²) < 4.78 is 0. The van der Waals surface area contributed by atoms with Crippen LogP contribution in [0.5, 0.6) is 0 Å². The predicted octanol–water partition coefficient (Wildman–Crippen LogP) is 3.96. The minimum Gasteiger partial charge on any atom is -0.327 e. The quantitative estimate of drug-likeness (QED) is 0.846. The number of benzene rings is 1. The highest BCUT2D eigenvalue weighted by Gasteiger charge is 2.31. The van der Waals surface area contributed by atoms with Crippen molar-refractivity contribution in [2.45, 2.75) is 44.6 Å². The van der Waals surface area contributed by atoms with E-state index in [0.29, 0.717) is 17.9 Å². The molecule has 2 rings (SSSR count). The number of nitrogens with two attached hydrogens (primary N) is 1. The Morgan fingerprint density at radius 3 is 2.50 bits per heavy atom. The molecule has 1 aliphatic rings.